The predicted molar refractivity (Wildman–Crippen MR) is 175 cm³/mol. The Hall–Kier alpha value is 0.700. The summed E-state index contributed by atoms with van der Waals surface area (Å²) in [6, 6.07) is 0. The molecule has 0 aromatic rings. The van der Waals surface area contributed by atoms with Gasteiger partial charge in [-0.2, -0.15) is 25.3 Å². The highest BCUT2D eigenvalue weighted by Crippen LogP contribution is 2.19. The molecular weight excluding hydrogens is 473 g/mol. The van der Waals surface area contributed by atoms with Crippen molar-refractivity contribution in [2.75, 3.05) is 5.75 Å². The van der Waals surface area contributed by atoms with E-state index in [2.05, 4.69) is 19.6 Å². The zero-order chi connectivity index (χ0) is 26.2. The fourth-order valence-corrected chi connectivity index (χ4v) is 6.10. The molecule has 0 aliphatic rings. The standard InChI is InChI=1S/C34H70S2/c1-2-3-4-5-6-7-8-9-10-13-16-19-22-25-28-31-34(36)32-29-26-23-20-17-14-11-12-15-18-21-24-27-30-33-35/h34-36H,2-33H2,1H3. The van der Waals surface area contributed by atoms with Crippen LogP contribution in [0.4, 0.5) is 0 Å². The quantitative estimate of drug-likeness (QED) is 0.0612. The first-order valence-corrected chi connectivity index (χ1v) is 18.2. The molecule has 0 nitrogen and oxygen atoms in total. The maximum atomic E-state index is 4.87. The lowest BCUT2D eigenvalue weighted by Gasteiger charge is -2.10. The predicted octanol–water partition coefficient (Wildman–Crippen LogP) is 13.3. The Bertz CT molecular complexity index is 336. The summed E-state index contributed by atoms with van der Waals surface area (Å²) in [5.74, 6) is 1.06. The van der Waals surface area contributed by atoms with Crippen molar-refractivity contribution in [1.29, 1.82) is 0 Å². The molecule has 0 spiro atoms. The lowest BCUT2D eigenvalue weighted by Crippen LogP contribution is -1.98. The van der Waals surface area contributed by atoms with Gasteiger partial charge in [-0.25, -0.2) is 0 Å². The molecule has 0 aliphatic carbocycles. The van der Waals surface area contributed by atoms with E-state index in [0.29, 0.717) is 5.25 Å². The highest BCUT2D eigenvalue weighted by atomic mass is 32.1. The molecule has 0 aromatic heterocycles. The van der Waals surface area contributed by atoms with Crippen LogP contribution in [0.3, 0.4) is 0 Å². The van der Waals surface area contributed by atoms with Crippen LogP contribution in [0.25, 0.3) is 0 Å². The van der Waals surface area contributed by atoms with E-state index in [4.69, 9.17) is 12.6 Å². The molecule has 218 valence electrons. The first kappa shape index (κ1) is 36.7. The average Bonchev–Trinajstić information content (AvgIpc) is 2.88. The largest absolute Gasteiger partial charge is 0.179 e. The van der Waals surface area contributed by atoms with Crippen molar-refractivity contribution in [3.63, 3.8) is 0 Å². The Morgan fingerprint density at radius 2 is 0.556 bits per heavy atom. The van der Waals surface area contributed by atoms with Gasteiger partial charge in [0, 0.05) is 5.25 Å². The summed E-state index contributed by atoms with van der Waals surface area (Å²) in [7, 11) is 0. The van der Waals surface area contributed by atoms with Gasteiger partial charge < -0.3 is 0 Å². The summed E-state index contributed by atoms with van der Waals surface area (Å²) in [4.78, 5) is 0. The van der Waals surface area contributed by atoms with Crippen LogP contribution in [0.15, 0.2) is 0 Å². The fourth-order valence-electron chi connectivity index (χ4n) is 5.51. The molecule has 0 N–H and O–H groups in total. The van der Waals surface area contributed by atoms with E-state index in [1.165, 1.54) is 199 Å². The lowest BCUT2D eigenvalue weighted by atomic mass is 10.0. The molecule has 0 fully saturated rings. The van der Waals surface area contributed by atoms with E-state index in [1.807, 2.05) is 0 Å². The van der Waals surface area contributed by atoms with Crippen LogP contribution in [0.1, 0.15) is 206 Å². The number of hydrogen-bond acceptors (Lipinski definition) is 2. The minimum absolute atomic E-state index is 0.657. The maximum absolute atomic E-state index is 4.87. The lowest BCUT2D eigenvalue weighted by molar-refractivity contribution is 0.516. The summed E-state index contributed by atoms with van der Waals surface area (Å²) < 4.78 is 0. The number of thiol groups is 2. The average molecular weight is 543 g/mol. The highest BCUT2D eigenvalue weighted by Gasteiger charge is 2.03. The van der Waals surface area contributed by atoms with E-state index in [-0.39, 0.29) is 0 Å². The second-order valence-corrected chi connectivity index (χ2v) is 13.0. The topological polar surface area (TPSA) is 0 Å². The third-order valence-corrected chi connectivity index (χ3v) is 8.92. The van der Waals surface area contributed by atoms with E-state index in [9.17, 15) is 0 Å². The van der Waals surface area contributed by atoms with Gasteiger partial charge in [-0.05, 0) is 25.0 Å². The van der Waals surface area contributed by atoms with Crippen molar-refractivity contribution in [1.82, 2.24) is 0 Å². The van der Waals surface area contributed by atoms with Crippen molar-refractivity contribution in [2.24, 2.45) is 0 Å². The van der Waals surface area contributed by atoms with Gasteiger partial charge in [-0.1, -0.05) is 187 Å². The van der Waals surface area contributed by atoms with Gasteiger partial charge in [-0.3, -0.25) is 0 Å². The van der Waals surface area contributed by atoms with Crippen LogP contribution in [-0.4, -0.2) is 11.0 Å². The van der Waals surface area contributed by atoms with Gasteiger partial charge in [0.05, 0.1) is 0 Å². The normalized spacial score (nSPS) is 12.4. The van der Waals surface area contributed by atoms with Crippen molar-refractivity contribution in [3.05, 3.63) is 0 Å². The molecule has 0 heterocycles. The van der Waals surface area contributed by atoms with Crippen LogP contribution in [0.2, 0.25) is 0 Å². The molecule has 2 heteroatoms. The molecule has 0 bridgehead atoms. The van der Waals surface area contributed by atoms with E-state index >= 15 is 0 Å². The summed E-state index contributed by atoms with van der Waals surface area (Å²) >= 11 is 9.16. The van der Waals surface area contributed by atoms with Crippen molar-refractivity contribution in [3.8, 4) is 0 Å². The smallest absolute Gasteiger partial charge is 0.00168 e. The molecule has 0 amide bonds. The fraction of sp³-hybridized carbons (Fsp3) is 1.00. The van der Waals surface area contributed by atoms with Gasteiger partial charge >= 0.3 is 0 Å². The Labute approximate surface area is 241 Å². The Kier molecular flexibility index (Phi) is 34.4. The van der Waals surface area contributed by atoms with E-state index in [1.54, 1.807) is 0 Å². The minimum atomic E-state index is 0.657. The molecular formula is C34H70S2. The van der Waals surface area contributed by atoms with Crippen LogP contribution < -0.4 is 0 Å². The molecule has 0 aromatic carbocycles. The SMILES string of the molecule is CCCCCCCCCCCCCCCCCC(S)CCCCCCCCCCCCCCCCS. The van der Waals surface area contributed by atoms with E-state index < -0.39 is 0 Å². The Morgan fingerprint density at radius 3 is 0.806 bits per heavy atom. The molecule has 1 atom stereocenters. The number of unbranched alkanes of at least 4 members (excludes halogenated alkanes) is 27. The number of rotatable bonds is 32. The van der Waals surface area contributed by atoms with Gasteiger partial charge in [0.1, 0.15) is 0 Å². The summed E-state index contributed by atoms with van der Waals surface area (Å²) in [5, 5.41) is 0.657. The van der Waals surface area contributed by atoms with Gasteiger partial charge in [0.15, 0.2) is 0 Å². The second kappa shape index (κ2) is 33.7. The van der Waals surface area contributed by atoms with Gasteiger partial charge in [-0.15, -0.1) is 0 Å². The first-order valence-electron chi connectivity index (χ1n) is 17.1. The van der Waals surface area contributed by atoms with Crippen molar-refractivity contribution < 1.29 is 0 Å². The minimum Gasteiger partial charge on any atom is -0.179 e. The summed E-state index contributed by atoms with van der Waals surface area (Å²) in [5.41, 5.74) is 0. The van der Waals surface area contributed by atoms with Crippen LogP contribution in [0, 0.1) is 0 Å². The van der Waals surface area contributed by atoms with Crippen LogP contribution in [-0.2, 0) is 0 Å². The molecule has 36 heavy (non-hydrogen) atoms. The van der Waals surface area contributed by atoms with Gasteiger partial charge in [0.2, 0.25) is 0 Å². The molecule has 0 saturated carbocycles. The molecule has 0 aliphatic heterocycles. The monoisotopic (exact) mass is 542 g/mol. The summed E-state index contributed by atoms with van der Waals surface area (Å²) in [6.07, 6.45) is 44.6. The Morgan fingerprint density at radius 1 is 0.333 bits per heavy atom. The van der Waals surface area contributed by atoms with Crippen LogP contribution in [0.5, 0.6) is 0 Å². The molecule has 0 radical (unpaired) electrons. The van der Waals surface area contributed by atoms with E-state index in [0.717, 1.165) is 5.75 Å². The highest BCUT2D eigenvalue weighted by molar-refractivity contribution is 7.81. The van der Waals surface area contributed by atoms with Crippen molar-refractivity contribution in [2.45, 2.75) is 211 Å². The maximum Gasteiger partial charge on any atom is 0.00168 e. The second-order valence-electron chi connectivity index (χ2n) is 11.9. The van der Waals surface area contributed by atoms with Crippen molar-refractivity contribution >= 4 is 25.3 Å². The molecule has 0 rings (SSSR count). The third-order valence-electron chi connectivity index (χ3n) is 8.09. The zero-order valence-corrected chi connectivity index (χ0v) is 26.9. The molecule has 1 unspecified atom stereocenters. The number of hydrogen-bond donors (Lipinski definition) is 2. The molecule has 0 saturated heterocycles. The third kappa shape index (κ3) is 32.7. The first-order chi connectivity index (χ1) is 17.8. The zero-order valence-electron chi connectivity index (χ0n) is 25.1. The Balaban J connectivity index is 3.13. The van der Waals surface area contributed by atoms with Gasteiger partial charge in [0.25, 0.3) is 0 Å². The summed E-state index contributed by atoms with van der Waals surface area (Å²) in [6.45, 7) is 2.30. The van der Waals surface area contributed by atoms with Crippen LogP contribution >= 0.6 is 25.3 Å².